The molecule has 3 aliphatic heterocycles. The largest absolute Gasteiger partial charge is 0.486 e. The van der Waals surface area contributed by atoms with Crippen LogP contribution in [0.15, 0.2) is 18.2 Å². The number of fused-ring (bicyclic) bond motifs is 1. The molecule has 1 atom stereocenters. The molecular formula is C19H25N3O4. The average Bonchev–Trinajstić information content (AvgIpc) is 3.08. The number of amides is 2. The predicted octanol–water partition coefficient (Wildman–Crippen LogP) is 0.975. The molecule has 3 heterocycles. The van der Waals surface area contributed by atoms with Gasteiger partial charge in [0.15, 0.2) is 11.5 Å². The molecule has 0 aliphatic carbocycles. The molecule has 0 bridgehead atoms. The minimum absolute atomic E-state index is 0.00720. The van der Waals surface area contributed by atoms with Crippen LogP contribution in [0.25, 0.3) is 0 Å². The highest BCUT2D eigenvalue weighted by atomic mass is 16.6. The van der Waals surface area contributed by atoms with Gasteiger partial charge in [0.05, 0.1) is 5.92 Å². The van der Waals surface area contributed by atoms with Crippen LogP contribution in [0.4, 0.5) is 5.69 Å². The maximum absolute atomic E-state index is 12.8. The van der Waals surface area contributed by atoms with E-state index in [1.54, 1.807) is 4.90 Å². The number of nitrogens with zero attached hydrogens (tertiary/aromatic N) is 3. The zero-order valence-electron chi connectivity index (χ0n) is 15.1. The van der Waals surface area contributed by atoms with E-state index in [0.717, 1.165) is 38.4 Å². The second-order valence-corrected chi connectivity index (χ2v) is 6.99. The number of carbonyl (C=O) groups is 2. The molecule has 0 radical (unpaired) electrons. The van der Waals surface area contributed by atoms with Crippen LogP contribution >= 0.6 is 0 Å². The number of anilines is 1. The van der Waals surface area contributed by atoms with E-state index in [2.05, 4.69) is 11.8 Å². The summed E-state index contributed by atoms with van der Waals surface area (Å²) in [7, 11) is 0. The van der Waals surface area contributed by atoms with Crippen molar-refractivity contribution in [1.82, 2.24) is 9.80 Å². The normalized spacial score (nSPS) is 23.4. The van der Waals surface area contributed by atoms with Gasteiger partial charge in [-0.25, -0.2) is 0 Å². The van der Waals surface area contributed by atoms with E-state index in [-0.39, 0.29) is 24.2 Å². The van der Waals surface area contributed by atoms with Crippen molar-refractivity contribution in [3.63, 3.8) is 0 Å². The van der Waals surface area contributed by atoms with Crippen molar-refractivity contribution < 1.29 is 19.1 Å². The zero-order valence-corrected chi connectivity index (χ0v) is 15.1. The molecule has 1 aromatic carbocycles. The van der Waals surface area contributed by atoms with E-state index in [1.165, 1.54) is 0 Å². The summed E-state index contributed by atoms with van der Waals surface area (Å²) < 4.78 is 11.1. The number of piperazine rings is 1. The maximum atomic E-state index is 12.8. The Morgan fingerprint density at radius 1 is 1.12 bits per heavy atom. The topological polar surface area (TPSA) is 62.3 Å². The molecule has 0 spiro atoms. The van der Waals surface area contributed by atoms with Gasteiger partial charge >= 0.3 is 0 Å². The third kappa shape index (κ3) is 3.23. The Hall–Kier alpha value is -2.28. The maximum Gasteiger partial charge on any atom is 0.228 e. The fourth-order valence-electron chi connectivity index (χ4n) is 3.87. The Balaban J connectivity index is 1.43. The van der Waals surface area contributed by atoms with Gasteiger partial charge in [-0.15, -0.1) is 0 Å². The molecule has 0 aromatic heterocycles. The second-order valence-electron chi connectivity index (χ2n) is 6.99. The number of carbonyl (C=O) groups excluding carboxylic acids is 2. The number of hydrogen-bond donors (Lipinski definition) is 0. The van der Waals surface area contributed by atoms with Crippen molar-refractivity contribution in [2.45, 2.75) is 13.3 Å². The molecule has 0 saturated carbocycles. The third-order valence-corrected chi connectivity index (χ3v) is 5.44. The lowest BCUT2D eigenvalue weighted by atomic mass is 10.1. The van der Waals surface area contributed by atoms with Crippen molar-refractivity contribution >= 4 is 17.5 Å². The monoisotopic (exact) mass is 359 g/mol. The standard InChI is InChI=1S/C19H25N3O4/c1-2-20-5-7-21(8-6-20)19(24)14-11-18(23)22(13-14)15-3-4-16-17(12-15)26-10-9-25-16/h3-4,12,14H,2,5-11,13H2,1H3. The summed E-state index contributed by atoms with van der Waals surface area (Å²) in [5.41, 5.74) is 0.769. The van der Waals surface area contributed by atoms with Gasteiger partial charge in [0.1, 0.15) is 13.2 Å². The highest BCUT2D eigenvalue weighted by Gasteiger charge is 2.38. The van der Waals surface area contributed by atoms with Gasteiger partial charge in [-0.05, 0) is 18.7 Å². The highest BCUT2D eigenvalue weighted by Crippen LogP contribution is 2.36. The minimum atomic E-state index is -0.260. The van der Waals surface area contributed by atoms with Gasteiger partial charge in [0.2, 0.25) is 11.8 Å². The molecule has 7 nitrogen and oxygen atoms in total. The summed E-state index contributed by atoms with van der Waals surface area (Å²) in [6, 6.07) is 5.52. The van der Waals surface area contributed by atoms with Crippen LogP contribution in [0.5, 0.6) is 11.5 Å². The first-order chi connectivity index (χ1) is 12.7. The van der Waals surface area contributed by atoms with Gasteiger partial charge in [-0.1, -0.05) is 6.92 Å². The summed E-state index contributed by atoms with van der Waals surface area (Å²) in [4.78, 5) is 31.3. The zero-order chi connectivity index (χ0) is 18.1. The fraction of sp³-hybridized carbons (Fsp3) is 0.579. The molecule has 7 heteroatoms. The van der Waals surface area contributed by atoms with E-state index in [9.17, 15) is 9.59 Å². The van der Waals surface area contributed by atoms with Gasteiger partial charge in [-0.3, -0.25) is 9.59 Å². The molecular weight excluding hydrogens is 334 g/mol. The van der Waals surface area contributed by atoms with Crippen LogP contribution < -0.4 is 14.4 Å². The van der Waals surface area contributed by atoms with Crippen molar-refractivity contribution in [3.8, 4) is 11.5 Å². The van der Waals surface area contributed by atoms with Gasteiger partial charge in [0.25, 0.3) is 0 Å². The summed E-state index contributed by atoms with van der Waals surface area (Å²) in [6.07, 6.45) is 0.279. The molecule has 140 valence electrons. The number of hydrogen-bond acceptors (Lipinski definition) is 5. The quantitative estimate of drug-likeness (QED) is 0.805. The summed E-state index contributed by atoms with van der Waals surface area (Å²) in [5.74, 6) is 1.20. The van der Waals surface area contributed by atoms with Crippen LogP contribution in [0.2, 0.25) is 0 Å². The van der Waals surface area contributed by atoms with Crippen LogP contribution in [0, 0.1) is 5.92 Å². The van der Waals surface area contributed by atoms with Crippen molar-refractivity contribution in [2.75, 3.05) is 57.4 Å². The second kappa shape index (κ2) is 7.15. The van der Waals surface area contributed by atoms with Crippen LogP contribution in [0.1, 0.15) is 13.3 Å². The fourth-order valence-corrected chi connectivity index (χ4v) is 3.87. The van der Waals surface area contributed by atoms with Crippen molar-refractivity contribution in [2.24, 2.45) is 5.92 Å². The molecule has 3 aliphatic rings. The Morgan fingerprint density at radius 3 is 2.58 bits per heavy atom. The van der Waals surface area contributed by atoms with Gasteiger partial charge < -0.3 is 24.2 Å². The smallest absolute Gasteiger partial charge is 0.228 e. The van der Waals surface area contributed by atoms with Gasteiger partial charge in [0, 0.05) is 50.9 Å². The SMILES string of the molecule is CCN1CCN(C(=O)C2CC(=O)N(c3ccc4c(c3)OCCO4)C2)CC1. The molecule has 2 amide bonds. The Labute approximate surface area is 153 Å². The van der Waals surface area contributed by atoms with E-state index in [4.69, 9.17) is 9.47 Å². The van der Waals surface area contributed by atoms with Crippen LogP contribution in [-0.2, 0) is 9.59 Å². The van der Waals surface area contributed by atoms with Gasteiger partial charge in [-0.2, -0.15) is 0 Å². The van der Waals surface area contributed by atoms with E-state index in [1.807, 2.05) is 23.1 Å². The Bertz CT molecular complexity index is 700. The van der Waals surface area contributed by atoms with Crippen molar-refractivity contribution in [1.29, 1.82) is 0 Å². The van der Waals surface area contributed by atoms with Crippen molar-refractivity contribution in [3.05, 3.63) is 18.2 Å². The average molecular weight is 359 g/mol. The van der Waals surface area contributed by atoms with E-state index >= 15 is 0 Å². The van der Waals surface area contributed by atoms with Crippen LogP contribution in [0.3, 0.4) is 0 Å². The lowest BCUT2D eigenvalue weighted by Gasteiger charge is -2.35. The first kappa shape index (κ1) is 17.1. The highest BCUT2D eigenvalue weighted by molar-refractivity contribution is 6.00. The first-order valence-electron chi connectivity index (χ1n) is 9.37. The number of ether oxygens (including phenoxy) is 2. The molecule has 2 saturated heterocycles. The minimum Gasteiger partial charge on any atom is -0.486 e. The molecule has 1 aromatic rings. The van der Waals surface area contributed by atoms with E-state index in [0.29, 0.717) is 31.3 Å². The summed E-state index contributed by atoms with van der Waals surface area (Å²) >= 11 is 0. The lowest BCUT2D eigenvalue weighted by molar-refractivity contribution is -0.137. The Kier molecular flexibility index (Phi) is 4.72. The first-order valence-corrected chi connectivity index (χ1v) is 9.37. The number of rotatable bonds is 3. The lowest BCUT2D eigenvalue weighted by Crippen LogP contribution is -2.50. The molecule has 26 heavy (non-hydrogen) atoms. The molecule has 1 unspecified atom stereocenters. The third-order valence-electron chi connectivity index (χ3n) is 5.44. The number of likely N-dealkylation sites (N-methyl/N-ethyl adjacent to an activating group) is 1. The van der Waals surface area contributed by atoms with E-state index < -0.39 is 0 Å². The van der Waals surface area contributed by atoms with Crippen LogP contribution in [-0.4, -0.2) is 74.1 Å². The molecule has 2 fully saturated rings. The predicted molar refractivity (Wildman–Crippen MR) is 96.6 cm³/mol. The number of benzene rings is 1. The Morgan fingerprint density at radius 2 is 1.85 bits per heavy atom. The summed E-state index contributed by atoms with van der Waals surface area (Å²) in [6.45, 7) is 7.96. The molecule has 0 N–H and O–H groups in total. The summed E-state index contributed by atoms with van der Waals surface area (Å²) in [5, 5.41) is 0. The molecule has 4 rings (SSSR count).